The second kappa shape index (κ2) is 10.2. The number of primary amides is 1. The van der Waals surface area contributed by atoms with Crippen molar-refractivity contribution in [2.24, 2.45) is 5.73 Å². The first-order valence-electron chi connectivity index (χ1n) is 9.71. The molecule has 0 bridgehead atoms. The molecule has 0 aliphatic rings. The highest BCUT2D eigenvalue weighted by Crippen LogP contribution is 2.32. The molecule has 0 radical (unpaired) electrons. The number of urea groups is 1. The van der Waals surface area contributed by atoms with E-state index in [0.29, 0.717) is 17.5 Å². The number of nitrogens with zero attached hydrogens (tertiary/aromatic N) is 4. The van der Waals surface area contributed by atoms with Crippen molar-refractivity contribution in [1.82, 2.24) is 25.1 Å². The number of fused-ring (bicyclic) bond motifs is 1. The van der Waals surface area contributed by atoms with Crippen LogP contribution in [0, 0.1) is 0 Å². The highest BCUT2D eigenvalue weighted by atomic mass is 32.2. The SMILES string of the molecule is C[C@@H](Sc1nnc(CSc2nc3ccccc3s2)n1Cc1ccccc1)C(=O)NC(N)=O. The van der Waals surface area contributed by atoms with Gasteiger partial charge >= 0.3 is 6.03 Å². The largest absolute Gasteiger partial charge is 0.351 e. The number of para-hydroxylation sites is 1. The van der Waals surface area contributed by atoms with Crippen molar-refractivity contribution in [3.05, 3.63) is 66.0 Å². The lowest BCUT2D eigenvalue weighted by Crippen LogP contribution is -2.39. The second-order valence-corrected chi connectivity index (χ2v) is 10.4. The van der Waals surface area contributed by atoms with Gasteiger partial charge in [0.25, 0.3) is 0 Å². The molecule has 0 aliphatic carbocycles. The van der Waals surface area contributed by atoms with Gasteiger partial charge in [0.2, 0.25) is 5.91 Å². The molecule has 2 aromatic carbocycles. The average molecular weight is 485 g/mol. The van der Waals surface area contributed by atoms with Crippen LogP contribution in [0.5, 0.6) is 0 Å². The zero-order valence-electron chi connectivity index (χ0n) is 17.1. The number of hydrogen-bond acceptors (Lipinski definition) is 8. The Balaban J connectivity index is 1.55. The second-order valence-electron chi connectivity index (χ2n) is 6.82. The summed E-state index contributed by atoms with van der Waals surface area (Å²) in [5, 5.41) is 10.8. The van der Waals surface area contributed by atoms with Gasteiger partial charge in [0.1, 0.15) is 5.82 Å². The number of aromatic nitrogens is 4. The minimum Gasteiger partial charge on any atom is -0.351 e. The van der Waals surface area contributed by atoms with Crippen molar-refractivity contribution < 1.29 is 9.59 Å². The zero-order valence-corrected chi connectivity index (χ0v) is 19.5. The summed E-state index contributed by atoms with van der Waals surface area (Å²) in [7, 11) is 0. The Bertz CT molecular complexity index is 1210. The molecule has 11 heteroatoms. The molecule has 0 spiro atoms. The van der Waals surface area contributed by atoms with E-state index >= 15 is 0 Å². The standard InChI is InChI=1S/C21H20N6O2S3/c1-13(18(28)24-19(22)29)31-20-26-25-17(27(20)11-14-7-3-2-4-8-14)12-30-21-23-15-9-5-6-10-16(15)32-21/h2-10,13H,11-12H2,1H3,(H3,22,24,28,29)/t13-/m1/s1. The molecular weight excluding hydrogens is 464 g/mol. The Kier molecular flexibility index (Phi) is 7.08. The molecule has 0 saturated heterocycles. The predicted molar refractivity (Wildman–Crippen MR) is 128 cm³/mol. The Morgan fingerprint density at radius 1 is 1.12 bits per heavy atom. The molecule has 3 amide bonds. The molecule has 0 fully saturated rings. The van der Waals surface area contributed by atoms with Crippen LogP contribution in [-0.2, 0) is 17.1 Å². The lowest BCUT2D eigenvalue weighted by atomic mass is 10.2. The van der Waals surface area contributed by atoms with Crippen molar-refractivity contribution in [1.29, 1.82) is 0 Å². The van der Waals surface area contributed by atoms with Crippen LogP contribution in [0.2, 0.25) is 0 Å². The smallest absolute Gasteiger partial charge is 0.318 e. The van der Waals surface area contributed by atoms with Gasteiger partial charge in [-0.2, -0.15) is 0 Å². The molecule has 2 heterocycles. The molecule has 1 atom stereocenters. The van der Waals surface area contributed by atoms with E-state index in [1.165, 1.54) is 11.8 Å². The summed E-state index contributed by atoms with van der Waals surface area (Å²) in [5.74, 6) is 0.896. The normalized spacial score (nSPS) is 12.0. The lowest BCUT2D eigenvalue weighted by Gasteiger charge is -2.13. The van der Waals surface area contributed by atoms with E-state index in [1.54, 1.807) is 30.0 Å². The molecule has 3 N–H and O–H groups in total. The first-order chi connectivity index (χ1) is 15.5. The van der Waals surface area contributed by atoms with Gasteiger partial charge in [-0.3, -0.25) is 10.1 Å². The van der Waals surface area contributed by atoms with E-state index in [4.69, 9.17) is 5.73 Å². The number of nitrogens with one attached hydrogen (secondary N) is 1. The predicted octanol–water partition coefficient (Wildman–Crippen LogP) is 3.90. The van der Waals surface area contributed by atoms with Crippen LogP contribution in [0.15, 0.2) is 64.1 Å². The molecule has 8 nitrogen and oxygen atoms in total. The number of amides is 3. The van der Waals surface area contributed by atoms with Crippen molar-refractivity contribution in [2.45, 2.75) is 34.0 Å². The number of benzene rings is 2. The molecule has 0 saturated carbocycles. The third-order valence-corrected chi connectivity index (χ3v) is 7.73. The number of carbonyl (C=O) groups is 2. The number of thiazole rings is 1. The van der Waals surface area contributed by atoms with Gasteiger partial charge in [0.15, 0.2) is 9.50 Å². The monoisotopic (exact) mass is 484 g/mol. The maximum absolute atomic E-state index is 12.1. The summed E-state index contributed by atoms with van der Waals surface area (Å²) in [6.45, 7) is 2.26. The first kappa shape index (κ1) is 22.3. The topological polar surface area (TPSA) is 116 Å². The van der Waals surface area contributed by atoms with Crippen molar-refractivity contribution in [2.75, 3.05) is 0 Å². The van der Waals surface area contributed by atoms with E-state index in [9.17, 15) is 9.59 Å². The van der Waals surface area contributed by atoms with Crippen LogP contribution in [0.4, 0.5) is 4.79 Å². The molecule has 164 valence electrons. The Labute approximate surface area is 197 Å². The summed E-state index contributed by atoms with van der Waals surface area (Å²) in [5.41, 5.74) is 7.14. The fourth-order valence-corrected chi connectivity index (χ4v) is 5.79. The summed E-state index contributed by atoms with van der Waals surface area (Å²) < 4.78 is 4.10. The van der Waals surface area contributed by atoms with Crippen LogP contribution < -0.4 is 11.1 Å². The highest BCUT2D eigenvalue weighted by Gasteiger charge is 2.21. The molecule has 0 aliphatic heterocycles. The third-order valence-electron chi connectivity index (χ3n) is 4.47. The quantitative estimate of drug-likeness (QED) is 0.364. The Morgan fingerprint density at radius 2 is 1.88 bits per heavy atom. The number of thioether (sulfide) groups is 2. The fourth-order valence-electron chi connectivity index (χ4n) is 2.91. The molecule has 2 aromatic heterocycles. The summed E-state index contributed by atoms with van der Waals surface area (Å²) in [4.78, 5) is 27.8. The van der Waals surface area contributed by atoms with E-state index < -0.39 is 17.2 Å². The van der Waals surface area contributed by atoms with Gasteiger partial charge in [0, 0.05) is 0 Å². The minimum absolute atomic E-state index is 0.470. The molecular formula is C21H20N6O2S3. The van der Waals surface area contributed by atoms with E-state index in [2.05, 4.69) is 26.6 Å². The molecule has 4 aromatic rings. The van der Waals surface area contributed by atoms with E-state index in [-0.39, 0.29) is 0 Å². The van der Waals surface area contributed by atoms with E-state index in [0.717, 1.165) is 25.9 Å². The number of imide groups is 1. The zero-order chi connectivity index (χ0) is 22.5. The summed E-state index contributed by atoms with van der Waals surface area (Å²) in [6, 6.07) is 17.1. The van der Waals surface area contributed by atoms with Crippen molar-refractivity contribution >= 4 is 57.0 Å². The van der Waals surface area contributed by atoms with Crippen LogP contribution in [0.25, 0.3) is 10.2 Å². The number of rotatable bonds is 8. The van der Waals surface area contributed by atoms with Crippen molar-refractivity contribution in [3.8, 4) is 0 Å². The number of carbonyl (C=O) groups excluding carboxylic acids is 2. The van der Waals surface area contributed by atoms with Gasteiger partial charge in [-0.1, -0.05) is 66.0 Å². The lowest BCUT2D eigenvalue weighted by molar-refractivity contribution is -0.119. The average Bonchev–Trinajstić information content (AvgIpc) is 3.36. The highest BCUT2D eigenvalue weighted by molar-refractivity contribution is 8.00. The minimum atomic E-state index is -0.874. The van der Waals surface area contributed by atoms with Gasteiger partial charge < -0.3 is 10.3 Å². The maximum atomic E-state index is 12.1. The van der Waals surface area contributed by atoms with Crippen molar-refractivity contribution in [3.63, 3.8) is 0 Å². The van der Waals surface area contributed by atoms with Crippen LogP contribution in [0.3, 0.4) is 0 Å². The summed E-state index contributed by atoms with van der Waals surface area (Å²) in [6.07, 6.45) is 0. The maximum Gasteiger partial charge on any atom is 0.318 e. The van der Waals surface area contributed by atoms with Gasteiger partial charge in [-0.05, 0) is 24.6 Å². The third kappa shape index (κ3) is 5.47. The van der Waals surface area contributed by atoms with Crippen LogP contribution in [-0.4, -0.2) is 36.9 Å². The Hall–Kier alpha value is -2.89. The molecule has 4 rings (SSSR count). The molecule has 32 heavy (non-hydrogen) atoms. The van der Waals surface area contributed by atoms with E-state index in [1.807, 2.05) is 53.1 Å². The van der Waals surface area contributed by atoms with Gasteiger partial charge in [0.05, 0.1) is 27.8 Å². The summed E-state index contributed by atoms with van der Waals surface area (Å²) >= 11 is 4.48. The molecule has 0 unspecified atom stereocenters. The number of hydrogen-bond donors (Lipinski definition) is 2. The van der Waals surface area contributed by atoms with Crippen LogP contribution in [0.1, 0.15) is 18.3 Å². The first-order valence-corrected chi connectivity index (χ1v) is 12.4. The van der Waals surface area contributed by atoms with Gasteiger partial charge in [-0.15, -0.1) is 21.5 Å². The number of nitrogens with two attached hydrogens (primary N) is 1. The fraction of sp³-hybridized carbons (Fsp3) is 0.190. The van der Waals surface area contributed by atoms with Crippen LogP contribution >= 0.6 is 34.9 Å². The Morgan fingerprint density at radius 3 is 2.62 bits per heavy atom. The van der Waals surface area contributed by atoms with Gasteiger partial charge in [-0.25, -0.2) is 9.78 Å².